The van der Waals surface area contributed by atoms with Crippen LogP contribution < -0.4 is 5.43 Å². The van der Waals surface area contributed by atoms with Gasteiger partial charge in [-0.15, -0.1) is 0 Å². The van der Waals surface area contributed by atoms with Gasteiger partial charge in [0.2, 0.25) is 5.91 Å². The Morgan fingerprint density at radius 2 is 2.00 bits per heavy atom. The molecule has 0 spiro atoms. The van der Waals surface area contributed by atoms with E-state index in [9.17, 15) is 4.79 Å². The first-order chi connectivity index (χ1) is 9.31. The van der Waals surface area contributed by atoms with Crippen LogP contribution in [0.2, 0.25) is 0 Å². The molecule has 2 fully saturated rings. The number of amides is 1. The van der Waals surface area contributed by atoms with Gasteiger partial charge in [0.1, 0.15) is 0 Å². The average Bonchev–Trinajstić information content (AvgIpc) is 2.88. The van der Waals surface area contributed by atoms with E-state index in [-0.39, 0.29) is 5.91 Å². The highest BCUT2D eigenvalue weighted by atomic mass is 16.2. The van der Waals surface area contributed by atoms with Crippen LogP contribution >= 0.6 is 0 Å². The second kappa shape index (κ2) is 5.74. The molecule has 1 N–H and O–H groups in total. The van der Waals surface area contributed by atoms with Crippen molar-refractivity contribution in [2.75, 3.05) is 0 Å². The fraction of sp³-hybridized carbons (Fsp3) is 0.562. The van der Waals surface area contributed by atoms with Crippen LogP contribution in [-0.4, -0.2) is 17.0 Å². The van der Waals surface area contributed by atoms with E-state index >= 15 is 0 Å². The molecule has 2 bridgehead atoms. The predicted octanol–water partition coefficient (Wildman–Crippen LogP) is 2.87. The first-order valence-corrected chi connectivity index (χ1v) is 7.42. The minimum Gasteiger partial charge on any atom is -0.273 e. The van der Waals surface area contributed by atoms with Crippen molar-refractivity contribution in [1.29, 1.82) is 0 Å². The molecule has 1 saturated heterocycles. The molecule has 2 unspecified atom stereocenters. The van der Waals surface area contributed by atoms with Crippen LogP contribution in [0, 0.1) is 5.92 Å². The zero-order valence-corrected chi connectivity index (χ0v) is 11.3. The Balaban J connectivity index is 1.71. The number of hydrogen-bond acceptors (Lipinski definition) is 2. The van der Waals surface area contributed by atoms with Crippen LogP contribution in [0.1, 0.15) is 44.1 Å². The van der Waals surface area contributed by atoms with Gasteiger partial charge in [0.25, 0.3) is 0 Å². The van der Waals surface area contributed by atoms with Crippen molar-refractivity contribution in [2.45, 2.75) is 51.1 Å². The molecule has 2 aliphatic rings. The van der Waals surface area contributed by atoms with Gasteiger partial charge in [-0.25, -0.2) is 5.43 Å². The number of nitrogens with one attached hydrogen (secondary N) is 1. The second-order valence-corrected chi connectivity index (χ2v) is 5.86. The summed E-state index contributed by atoms with van der Waals surface area (Å²) >= 11 is 0. The molecular formula is C16H22N2O. The third-order valence-electron chi connectivity index (χ3n) is 4.37. The Kier molecular flexibility index (Phi) is 3.83. The van der Waals surface area contributed by atoms with E-state index < -0.39 is 0 Å². The topological polar surface area (TPSA) is 32.3 Å². The van der Waals surface area contributed by atoms with Crippen LogP contribution in [0.4, 0.5) is 0 Å². The summed E-state index contributed by atoms with van der Waals surface area (Å²) in [6.45, 7) is 0.681. The van der Waals surface area contributed by atoms with E-state index in [1.807, 2.05) is 23.2 Å². The third kappa shape index (κ3) is 3.16. The lowest BCUT2D eigenvalue weighted by Gasteiger charge is -2.27. The Hall–Kier alpha value is -1.35. The van der Waals surface area contributed by atoms with E-state index in [0.29, 0.717) is 19.0 Å². The van der Waals surface area contributed by atoms with Crippen LogP contribution in [0.3, 0.4) is 0 Å². The number of benzene rings is 1. The summed E-state index contributed by atoms with van der Waals surface area (Å²) < 4.78 is 0. The molecule has 1 aromatic rings. The molecule has 2 atom stereocenters. The predicted molar refractivity (Wildman–Crippen MR) is 75.1 cm³/mol. The molecule has 1 aromatic carbocycles. The SMILES string of the molecule is O=C1CCCC2CCC(C2)NN1Cc1ccccc1. The number of nitrogens with zero attached hydrogens (tertiary/aromatic N) is 1. The minimum absolute atomic E-state index is 0.247. The highest BCUT2D eigenvalue weighted by molar-refractivity contribution is 5.75. The van der Waals surface area contributed by atoms with Gasteiger partial charge < -0.3 is 0 Å². The Labute approximate surface area is 115 Å². The molecule has 0 radical (unpaired) electrons. The smallest absolute Gasteiger partial charge is 0.236 e. The maximum atomic E-state index is 12.3. The third-order valence-corrected chi connectivity index (χ3v) is 4.37. The van der Waals surface area contributed by atoms with Gasteiger partial charge in [0, 0.05) is 12.5 Å². The van der Waals surface area contributed by atoms with E-state index in [2.05, 4.69) is 17.6 Å². The molecule has 1 aliphatic heterocycles. The highest BCUT2D eigenvalue weighted by Gasteiger charge is 2.29. The highest BCUT2D eigenvalue weighted by Crippen LogP contribution is 2.31. The molecule has 19 heavy (non-hydrogen) atoms. The zero-order chi connectivity index (χ0) is 13.1. The number of hydrazine groups is 1. The van der Waals surface area contributed by atoms with Crippen molar-refractivity contribution in [2.24, 2.45) is 5.92 Å². The molecular weight excluding hydrogens is 236 g/mol. The largest absolute Gasteiger partial charge is 0.273 e. The fourth-order valence-corrected chi connectivity index (χ4v) is 3.32. The summed E-state index contributed by atoms with van der Waals surface area (Å²) in [4.78, 5) is 12.3. The quantitative estimate of drug-likeness (QED) is 0.884. The average molecular weight is 258 g/mol. The molecule has 1 heterocycles. The van der Waals surface area contributed by atoms with Gasteiger partial charge in [-0.2, -0.15) is 0 Å². The summed E-state index contributed by atoms with van der Waals surface area (Å²) in [5.74, 6) is 1.08. The van der Waals surface area contributed by atoms with Crippen LogP contribution in [0.25, 0.3) is 0 Å². The van der Waals surface area contributed by atoms with Crippen molar-refractivity contribution < 1.29 is 4.79 Å². The summed E-state index contributed by atoms with van der Waals surface area (Å²) in [5.41, 5.74) is 4.66. The van der Waals surface area contributed by atoms with Crippen LogP contribution in [0.5, 0.6) is 0 Å². The molecule has 0 aromatic heterocycles. The van der Waals surface area contributed by atoms with Crippen molar-refractivity contribution in [3.05, 3.63) is 35.9 Å². The molecule has 3 heteroatoms. The first-order valence-electron chi connectivity index (χ1n) is 7.42. The van der Waals surface area contributed by atoms with Gasteiger partial charge in [-0.05, 0) is 43.6 Å². The first kappa shape index (κ1) is 12.7. The van der Waals surface area contributed by atoms with E-state index in [1.54, 1.807) is 0 Å². The molecule has 1 amide bonds. The zero-order valence-electron chi connectivity index (χ0n) is 11.3. The lowest BCUT2D eigenvalue weighted by molar-refractivity contribution is -0.136. The second-order valence-electron chi connectivity index (χ2n) is 5.86. The summed E-state index contributed by atoms with van der Waals surface area (Å²) in [7, 11) is 0. The number of rotatable bonds is 2. The Morgan fingerprint density at radius 1 is 1.16 bits per heavy atom. The Bertz CT molecular complexity index is 432. The standard InChI is InChI=1S/C16H22N2O/c19-16-8-4-7-13-9-10-15(11-13)17-18(16)12-14-5-2-1-3-6-14/h1-3,5-6,13,15,17H,4,7-12H2. The van der Waals surface area contributed by atoms with Crippen molar-refractivity contribution in [3.63, 3.8) is 0 Å². The van der Waals surface area contributed by atoms with E-state index in [4.69, 9.17) is 0 Å². The number of carbonyl (C=O) groups excluding carboxylic acids is 1. The fourth-order valence-electron chi connectivity index (χ4n) is 3.32. The molecule has 1 aliphatic carbocycles. The summed E-state index contributed by atoms with van der Waals surface area (Å²) in [6.07, 6.45) is 6.72. The minimum atomic E-state index is 0.247. The van der Waals surface area contributed by atoms with Gasteiger partial charge in [-0.3, -0.25) is 9.80 Å². The summed E-state index contributed by atoms with van der Waals surface area (Å²) in [6, 6.07) is 10.7. The van der Waals surface area contributed by atoms with E-state index in [0.717, 1.165) is 12.3 Å². The van der Waals surface area contributed by atoms with Gasteiger partial charge in [-0.1, -0.05) is 30.3 Å². The van der Waals surface area contributed by atoms with Crippen molar-refractivity contribution in [3.8, 4) is 0 Å². The lowest BCUT2D eigenvalue weighted by atomic mass is 10.0. The summed E-state index contributed by atoms with van der Waals surface area (Å²) in [5, 5.41) is 1.85. The van der Waals surface area contributed by atoms with Gasteiger partial charge in [0.05, 0.1) is 6.54 Å². The van der Waals surface area contributed by atoms with E-state index in [1.165, 1.54) is 31.2 Å². The van der Waals surface area contributed by atoms with Crippen molar-refractivity contribution >= 4 is 5.91 Å². The van der Waals surface area contributed by atoms with Gasteiger partial charge in [0.15, 0.2) is 0 Å². The monoisotopic (exact) mass is 258 g/mol. The molecule has 3 rings (SSSR count). The number of hydrogen-bond donors (Lipinski definition) is 1. The maximum Gasteiger partial charge on any atom is 0.236 e. The number of fused-ring (bicyclic) bond motifs is 2. The normalized spacial score (nSPS) is 27.8. The molecule has 3 nitrogen and oxygen atoms in total. The van der Waals surface area contributed by atoms with Crippen LogP contribution in [-0.2, 0) is 11.3 Å². The Morgan fingerprint density at radius 3 is 2.84 bits per heavy atom. The van der Waals surface area contributed by atoms with Crippen LogP contribution in [0.15, 0.2) is 30.3 Å². The van der Waals surface area contributed by atoms with Gasteiger partial charge >= 0.3 is 0 Å². The number of carbonyl (C=O) groups is 1. The maximum absolute atomic E-state index is 12.3. The van der Waals surface area contributed by atoms with Crippen molar-refractivity contribution in [1.82, 2.24) is 10.4 Å². The molecule has 1 saturated carbocycles. The lowest BCUT2D eigenvalue weighted by Crippen LogP contribution is -2.46. The molecule has 102 valence electrons.